The first-order valence-electron chi connectivity index (χ1n) is 8.76. The van der Waals surface area contributed by atoms with Gasteiger partial charge in [-0.15, -0.1) is 0 Å². The summed E-state index contributed by atoms with van der Waals surface area (Å²) in [5, 5.41) is 9.09. The first kappa shape index (κ1) is 16.7. The second-order valence-corrected chi connectivity index (χ2v) is 6.58. The van der Waals surface area contributed by atoms with Gasteiger partial charge in [0, 0.05) is 32.0 Å². The molecule has 1 aliphatic heterocycles. The average Bonchev–Trinajstić information content (AvgIpc) is 3.10. The summed E-state index contributed by atoms with van der Waals surface area (Å²) in [5.74, 6) is 0.760. The lowest BCUT2D eigenvalue weighted by Crippen LogP contribution is -2.30. The number of hydrogen-bond acceptors (Lipinski definition) is 2. The third-order valence-electron chi connectivity index (χ3n) is 4.96. The van der Waals surface area contributed by atoms with Gasteiger partial charge in [-0.25, -0.2) is 0 Å². The average molecular weight is 323 g/mol. The van der Waals surface area contributed by atoms with Gasteiger partial charge in [-0.05, 0) is 29.9 Å². The van der Waals surface area contributed by atoms with Gasteiger partial charge in [0.15, 0.2) is 0 Å². The van der Waals surface area contributed by atoms with Crippen LogP contribution in [0.4, 0.5) is 0 Å². The number of nitrogens with zero attached hydrogens (tertiary/aromatic N) is 1. The SMILES string of the molecule is O=C(CC(c1ccccc1)c1ccccc1)N1CC[C@@H](CCO)C1. The normalized spacial score (nSPS) is 17.4. The van der Waals surface area contributed by atoms with Gasteiger partial charge in [0.25, 0.3) is 0 Å². The summed E-state index contributed by atoms with van der Waals surface area (Å²) < 4.78 is 0. The number of hydrogen-bond donors (Lipinski definition) is 1. The number of carbonyl (C=O) groups excluding carboxylic acids is 1. The number of benzene rings is 2. The quantitative estimate of drug-likeness (QED) is 0.884. The molecule has 2 aromatic carbocycles. The van der Waals surface area contributed by atoms with Crippen molar-refractivity contribution >= 4 is 5.91 Å². The van der Waals surface area contributed by atoms with Crippen molar-refractivity contribution in [3.05, 3.63) is 71.8 Å². The molecule has 1 N–H and O–H groups in total. The zero-order valence-electron chi connectivity index (χ0n) is 14.0. The molecule has 1 saturated heterocycles. The molecule has 0 radical (unpaired) electrons. The Morgan fingerprint density at radius 2 is 1.62 bits per heavy atom. The predicted octanol–water partition coefficient (Wildman–Crippen LogP) is 3.44. The molecule has 3 nitrogen and oxygen atoms in total. The number of aliphatic hydroxyl groups is 1. The highest BCUT2D eigenvalue weighted by molar-refractivity contribution is 5.78. The zero-order valence-corrected chi connectivity index (χ0v) is 14.0. The fourth-order valence-electron chi connectivity index (χ4n) is 3.58. The molecule has 2 aromatic rings. The molecule has 1 heterocycles. The van der Waals surface area contributed by atoms with Crippen LogP contribution in [0.25, 0.3) is 0 Å². The molecule has 0 saturated carbocycles. The third kappa shape index (κ3) is 4.04. The van der Waals surface area contributed by atoms with Crippen LogP contribution in [0.3, 0.4) is 0 Å². The van der Waals surface area contributed by atoms with Crippen LogP contribution >= 0.6 is 0 Å². The highest BCUT2D eigenvalue weighted by Crippen LogP contribution is 2.30. The topological polar surface area (TPSA) is 40.5 Å². The number of carbonyl (C=O) groups is 1. The Kier molecular flexibility index (Phi) is 5.65. The van der Waals surface area contributed by atoms with E-state index in [1.807, 2.05) is 41.3 Å². The minimum atomic E-state index is 0.0943. The van der Waals surface area contributed by atoms with Gasteiger partial charge in [-0.3, -0.25) is 4.79 Å². The third-order valence-corrected chi connectivity index (χ3v) is 4.96. The fourth-order valence-corrected chi connectivity index (χ4v) is 3.58. The van der Waals surface area contributed by atoms with Gasteiger partial charge in [0.1, 0.15) is 0 Å². The summed E-state index contributed by atoms with van der Waals surface area (Å²) in [5.41, 5.74) is 2.37. The first-order valence-corrected chi connectivity index (χ1v) is 8.76. The molecular weight excluding hydrogens is 298 g/mol. The van der Waals surface area contributed by atoms with Gasteiger partial charge in [0.05, 0.1) is 0 Å². The van der Waals surface area contributed by atoms with Crippen LogP contribution in [0.1, 0.15) is 36.3 Å². The van der Waals surface area contributed by atoms with Gasteiger partial charge in [0.2, 0.25) is 5.91 Å². The van der Waals surface area contributed by atoms with Crippen molar-refractivity contribution in [2.45, 2.75) is 25.2 Å². The van der Waals surface area contributed by atoms with Gasteiger partial charge in [-0.1, -0.05) is 60.7 Å². The van der Waals surface area contributed by atoms with Crippen LogP contribution in [-0.4, -0.2) is 35.6 Å². The van der Waals surface area contributed by atoms with E-state index in [2.05, 4.69) is 24.3 Å². The fraction of sp³-hybridized carbons (Fsp3) is 0.381. The van der Waals surface area contributed by atoms with E-state index in [1.165, 1.54) is 11.1 Å². The smallest absolute Gasteiger partial charge is 0.223 e. The molecule has 0 aromatic heterocycles. The molecular formula is C21H25NO2. The molecule has 1 amide bonds. The second kappa shape index (κ2) is 8.11. The maximum absolute atomic E-state index is 12.8. The van der Waals surface area contributed by atoms with Crippen LogP contribution in [0.5, 0.6) is 0 Å². The summed E-state index contributed by atoms with van der Waals surface area (Å²) in [6.07, 6.45) is 2.30. The molecule has 1 atom stereocenters. The van der Waals surface area contributed by atoms with E-state index in [1.54, 1.807) is 0 Å². The summed E-state index contributed by atoms with van der Waals surface area (Å²) in [4.78, 5) is 14.8. The number of aliphatic hydroxyl groups excluding tert-OH is 1. The van der Waals surface area contributed by atoms with E-state index in [4.69, 9.17) is 5.11 Å². The summed E-state index contributed by atoms with van der Waals surface area (Å²) in [6.45, 7) is 1.82. The molecule has 0 unspecified atom stereocenters. The Balaban J connectivity index is 1.74. The Morgan fingerprint density at radius 3 is 2.17 bits per heavy atom. The molecule has 0 spiro atoms. The van der Waals surface area contributed by atoms with Crippen molar-refractivity contribution in [2.24, 2.45) is 5.92 Å². The summed E-state index contributed by atoms with van der Waals surface area (Å²) >= 11 is 0. The lowest BCUT2D eigenvalue weighted by molar-refractivity contribution is -0.130. The largest absolute Gasteiger partial charge is 0.396 e. The summed E-state index contributed by atoms with van der Waals surface area (Å²) in [7, 11) is 0. The van der Waals surface area contributed by atoms with Crippen molar-refractivity contribution in [1.29, 1.82) is 0 Å². The van der Waals surface area contributed by atoms with Gasteiger partial charge in [-0.2, -0.15) is 0 Å². The highest BCUT2D eigenvalue weighted by Gasteiger charge is 2.28. The van der Waals surface area contributed by atoms with E-state index in [0.717, 1.165) is 25.9 Å². The molecule has 126 valence electrons. The van der Waals surface area contributed by atoms with Gasteiger partial charge >= 0.3 is 0 Å². The number of amides is 1. The lowest BCUT2D eigenvalue weighted by Gasteiger charge is -2.22. The van der Waals surface area contributed by atoms with E-state index < -0.39 is 0 Å². The first-order chi connectivity index (χ1) is 11.8. The minimum Gasteiger partial charge on any atom is -0.396 e. The molecule has 3 heteroatoms. The Hall–Kier alpha value is -2.13. The van der Waals surface area contributed by atoms with Crippen LogP contribution < -0.4 is 0 Å². The molecule has 3 rings (SSSR count). The standard InChI is InChI=1S/C21H25NO2/c23-14-12-17-11-13-22(16-17)21(24)15-20(18-7-3-1-4-8-18)19-9-5-2-6-10-19/h1-10,17,20,23H,11-16H2/t17-/m0/s1. The minimum absolute atomic E-state index is 0.0943. The lowest BCUT2D eigenvalue weighted by atomic mass is 9.88. The molecule has 24 heavy (non-hydrogen) atoms. The molecule has 0 bridgehead atoms. The maximum Gasteiger partial charge on any atom is 0.223 e. The molecule has 1 aliphatic rings. The summed E-state index contributed by atoms with van der Waals surface area (Å²) in [6, 6.07) is 20.5. The van der Waals surface area contributed by atoms with Crippen molar-refractivity contribution in [1.82, 2.24) is 4.90 Å². The highest BCUT2D eigenvalue weighted by atomic mass is 16.3. The van der Waals surface area contributed by atoms with Crippen LogP contribution in [0.15, 0.2) is 60.7 Å². The van der Waals surface area contributed by atoms with E-state index in [0.29, 0.717) is 12.3 Å². The van der Waals surface area contributed by atoms with E-state index in [9.17, 15) is 4.79 Å². The van der Waals surface area contributed by atoms with Crippen molar-refractivity contribution in [2.75, 3.05) is 19.7 Å². The second-order valence-electron chi connectivity index (χ2n) is 6.58. The number of likely N-dealkylation sites (tertiary alicyclic amines) is 1. The van der Waals surface area contributed by atoms with Crippen molar-refractivity contribution in [3.63, 3.8) is 0 Å². The Labute approximate surface area is 143 Å². The zero-order chi connectivity index (χ0) is 16.8. The maximum atomic E-state index is 12.8. The number of rotatable bonds is 6. The Morgan fingerprint density at radius 1 is 1.04 bits per heavy atom. The van der Waals surface area contributed by atoms with Crippen molar-refractivity contribution < 1.29 is 9.90 Å². The predicted molar refractivity (Wildman–Crippen MR) is 95.7 cm³/mol. The van der Waals surface area contributed by atoms with Crippen LogP contribution in [-0.2, 0) is 4.79 Å². The molecule has 0 aliphatic carbocycles. The van der Waals surface area contributed by atoms with Gasteiger partial charge < -0.3 is 10.0 Å². The van der Waals surface area contributed by atoms with Crippen LogP contribution in [0, 0.1) is 5.92 Å². The van der Waals surface area contributed by atoms with E-state index >= 15 is 0 Å². The monoisotopic (exact) mass is 323 g/mol. The Bertz CT molecular complexity index is 602. The van der Waals surface area contributed by atoms with E-state index in [-0.39, 0.29) is 18.4 Å². The molecule has 1 fully saturated rings. The van der Waals surface area contributed by atoms with Crippen LogP contribution in [0.2, 0.25) is 0 Å². The van der Waals surface area contributed by atoms with Crippen molar-refractivity contribution in [3.8, 4) is 0 Å².